The Balaban J connectivity index is 3.07. The van der Waals surface area contributed by atoms with Crippen molar-refractivity contribution >= 4 is 5.91 Å². The van der Waals surface area contributed by atoms with Gasteiger partial charge in [-0.2, -0.15) is 0 Å². The molecule has 3 nitrogen and oxygen atoms in total. The summed E-state index contributed by atoms with van der Waals surface area (Å²) in [6.07, 6.45) is 5.70. The van der Waals surface area contributed by atoms with Crippen LogP contribution in [0.1, 0.15) is 52.9 Å². The number of unbranched alkanes of at least 4 members (excludes halogenated alkanes) is 3. The van der Waals surface area contributed by atoms with Gasteiger partial charge in [0.2, 0.25) is 5.91 Å². The van der Waals surface area contributed by atoms with Crippen molar-refractivity contribution in [3.8, 4) is 0 Å². The highest BCUT2D eigenvalue weighted by atomic mass is 16.5. The fourth-order valence-corrected chi connectivity index (χ4v) is 1.30. The van der Waals surface area contributed by atoms with Crippen LogP contribution in [0.15, 0.2) is 0 Å². The van der Waals surface area contributed by atoms with Crippen LogP contribution >= 0.6 is 0 Å². The predicted octanol–water partition coefficient (Wildman–Crippen LogP) is 2.75. The third-order valence-corrected chi connectivity index (χ3v) is 2.43. The van der Waals surface area contributed by atoms with Crippen molar-refractivity contribution in [2.75, 3.05) is 19.8 Å². The molecule has 0 heterocycles. The number of carbonyl (C=O) groups is 1. The van der Waals surface area contributed by atoms with Crippen molar-refractivity contribution in [3.05, 3.63) is 0 Å². The molecule has 0 aliphatic rings. The zero-order valence-corrected chi connectivity index (χ0v) is 11.1. The summed E-state index contributed by atoms with van der Waals surface area (Å²) in [5.41, 5.74) is 0. The van der Waals surface area contributed by atoms with Crippen molar-refractivity contribution in [1.82, 2.24) is 5.32 Å². The van der Waals surface area contributed by atoms with Gasteiger partial charge in [0.25, 0.3) is 0 Å². The number of nitrogens with one attached hydrogen (secondary N) is 1. The van der Waals surface area contributed by atoms with Crippen LogP contribution in [0.2, 0.25) is 0 Å². The van der Waals surface area contributed by atoms with Gasteiger partial charge in [-0.15, -0.1) is 0 Å². The standard InChI is InChI=1S/C13H27NO2/c1-4-5-7-10-16-11-8-6-9-14-13(15)12(2)3/h12H,4-11H2,1-3H3,(H,14,15). The van der Waals surface area contributed by atoms with Crippen molar-refractivity contribution in [2.45, 2.75) is 52.9 Å². The van der Waals surface area contributed by atoms with Gasteiger partial charge in [0.05, 0.1) is 0 Å². The summed E-state index contributed by atoms with van der Waals surface area (Å²) in [6.45, 7) is 8.48. The Morgan fingerprint density at radius 1 is 1.12 bits per heavy atom. The average molecular weight is 229 g/mol. The highest BCUT2D eigenvalue weighted by molar-refractivity contribution is 5.77. The van der Waals surface area contributed by atoms with Crippen LogP contribution in [-0.4, -0.2) is 25.7 Å². The lowest BCUT2D eigenvalue weighted by Gasteiger charge is -2.07. The summed E-state index contributed by atoms with van der Waals surface area (Å²) >= 11 is 0. The largest absolute Gasteiger partial charge is 0.381 e. The molecule has 1 amide bonds. The van der Waals surface area contributed by atoms with E-state index in [1.807, 2.05) is 13.8 Å². The SMILES string of the molecule is CCCCCOCCCCNC(=O)C(C)C. The number of rotatable bonds is 10. The Morgan fingerprint density at radius 2 is 1.75 bits per heavy atom. The Hall–Kier alpha value is -0.570. The van der Waals surface area contributed by atoms with Crippen LogP contribution in [0.4, 0.5) is 0 Å². The summed E-state index contributed by atoms with van der Waals surface area (Å²) in [6, 6.07) is 0. The molecule has 0 radical (unpaired) electrons. The zero-order valence-electron chi connectivity index (χ0n) is 11.1. The van der Waals surface area contributed by atoms with Crippen LogP contribution in [0.5, 0.6) is 0 Å². The second kappa shape index (κ2) is 10.9. The van der Waals surface area contributed by atoms with E-state index in [1.54, 1.807) is 0 Å². The molecule has 0 spiro atoms. The Labute approximate surface area is 99.9 Å². The van der Waals surface area contributed by atoms with Gasteiger partial charge in [-0.05, 0) is 19.3 Å². The summed E-state index contributed by atoms with van der Waals surface area (Å²) in [5.74, 6) is 0.231. The van der Waals surface area contributed by atoms with E-state index in [2.05, 4.69) is 12.2 Å². The third-order valence-electron chi connectivity index (χ3n) is 2.43. The second-order valence-electron chi connectivity index (χ2n) is 4.47. The molecule has 0 aromatic carbocycles. The highest BCUT2D eigenvalue weighted by Gasteiger charge is 2.04. The first-order valence-corrected chi connectivity index (χ1v) is 6.54. The first-order chi connectivity index (χ1) is 7.68. The topological polar surface area (TPSA) is 38.3 Å². The van der Waals surface area contributed by atoms with Crippen LogP contribution < -0.4 is 5.32 Å². The molecule has 3 heteroatoms. The number of amides is 1. The lowest BCUT2D eigenvalue weighted by atomic mass is 10.2. The molecule has 16 heavy (non-hydrogen) atoms. The van der Waals surface area contributed by atoms with Gasteiger partial charge in [-0.3, -0.25) is 4.79 Å². The van der Waals surface area contributed by atoms with E-state index in [4.69, 9.17) is 4.74 Å². The molecule has 96 valence electrons. The predicted molar refractivity (Wildman–Crippen MR) is 67.4 cm³/mol. The molecule has 0 rings (SSSR count). The number of ether oxygens (including phenoxy) is 1. The van der Waals surface area contributed by atoms with E-state index >= 15 is 0 Å². The van der Waals surface area contributed by atoms with E-state index < -0.39 is 0 Å². The maximum absolute atomic E-state index is 11.2. The van der Waals surface area contributed by atoms with Gasteiger partial charge in [0, 0.05) is 25.7 Å². The molecule has 0 aliphatic heterocycles. The molecule has 0 aromatic heterocycles. The van der Waals surface area contributed by atoms with Gasteiger partial charge in [-0.1, -0.05) is 33.6 Å². The van der Waals surface area contributed by atoms with E-state index in [0.29, 0.717) is 0 Å². The van der Waals surface area contributed by atoms with Gasteiger partial charge < -0.3 is 10.1 Å². The quantitative estimate of drug-likeness (QED) is 0.585. The van der Waals surface area contributed by atoms with Crippen molar-refractivity contribution in [3.63, 3.8) is 0 Å². The van der Waals surface area contributed by atoms with Crippen molar-refractivity contribution < 1.29 is 9.53 Å². The summed E-state index contributed by atoms with van der Waals surface area (Å²) < 4.78 is 5.48. The van der Waals surface area contributed by atoms with Crippen LogP contribution in [0.25, 0.3) is 0 Å². The lowest BCUT2D eigenvalue weighted by molar-refractivity contribution is -0.123. The average Bonchev–Trinajstić information content (AvgIpc) is 2.26. The first kappa shape index (κ1) is 15.4. The molecule has 0 aliphatic carbocycles. The van der Waals surface area contributed by atoms with Crippen molar-refractivity contribution in [2.24, 2.45) is 5.92 Å². The molecule has 0 saturated heterocycles. The number of hydrogen-bond donors (Lipinski definition) is 1. The minimum atomic E-state index is 0.0882. The van der Waals surface area contributed by atoms with Crippen LogP contribution in [0.3, 0.4) is 0 Å². The third kappa shape index (κ3) is 9.97. The molecule has 0 fully saturated rings. The Kier molecular flexibility index (Phi) is 10.5. The summed E-state index contributed by atoms with van der Waals surface area (Å²) in [7, 11) is 0. The van der Waals surface area contributed by atoms with E-state index in [9.17, 15) is 4.79 Å². The summed E-state index contributed by atoms with van der Waals surface area (Å²) in [5, 5.41) is 2.90. The molecular formula is C13H27NO2. The van der Waals surface area contributed by atoms with E-state index in [1.165, 1.54) is 19.3 Å². The molecule has 0 saturated carbocycles. The molecule has 0 unspecified atom stereocenters. The molecule has 1 N–H and O–H groups in total. The van der Waals surface area contributed by atoms with Crippen LogP contribution in [-0.2, 0) is 9.53 Å². The Bertz CT molecular complexity index is 169. The minimum Gasteiger partial charge on any atom is -0.381 e. The molecular weight excluding hydrogens is 202 g/mol. The highest BCUT2D eigenvalue weighted by Crippen LogP contribution is 1.96. The molecule has 0 atom stereocenters. The number of carbonyl (C=O) groups excluding carboxylic acids is 1. The lowest BCUT2D eigenvalue weighted by Crippen LogP contribution is -2.28. The maximum Gasteiger partial charge on any atom is 0.222 e. The van der Waals surface area contributed by atoms with E-state index in [-0.39, 0.29) is 11.8 Å². The maximum atomic E-state index is 11.2. The number of hydrogen-bond acceptors (Lipinski definition) is 2. The minimum absolute atomic E-state index is 0.0882. The normalized spacial score (nSPS) is 10.8. The van der Waals surface area contributed by atoms with Gasteiger partial charge >= 0.3 is 0 Å². The Morgan fingerprint density at radius 3 is 2.31 bits per heavy atom. The first-order valence-electron chi connectivity index (χ1n) is 6.54. The summed E-state index contributed by atoms with van der Waals surface area (Å²) in [4.78, 5) is 11.2. The second-order valence-corrected chi connectivity index (χ2v) is 4.47. The van der Waals surface area contributed by atoms with Crippen LogP contribution in [0, 0.1) is 5.92 Å². The van der Waals surface area contributed by atoms with Gasteiger partial charge in [0.15, 0.2) is 0 Å². The smallest absolute Gasteiger partial charge is 0.222 e. The van der Waals surface area contributed by atoms with Gasteiger partial charge in [0.1, 0.15) is 0 Å². The van der Waals surface area contributed by atoms with Gasteiger partial charge in [-0.25, -0.2) is 0 Å². The molecule has 0 bridgehead atoms. The fraction of sp³-hybridized carbons (Fsp3) is 0.923. The monoisotopic (exact) mass is 229 g/mol. The van der Waals surface area contributed by atoms with E-state index in [0.717, 1.165) is 32.6 Å². The fourth-order valence-electron chi connectivity index (χ4n) is 1.30. The van der Waals surface area contributed by atoms with Crippen molar-refractivity contribution in [1.29, 1.82) is 0 Å². The zero-order chi connectivity index (χ0) is 12.2. The molecule has 0 aromatic rings.